The number of hydrogen-bond acceptors (Lipinski definition) is 4. The summed E-state index contributed by atoms with van der Waals surface area (Å²) in [6, 6.07) is 7.42. The second-order valence-electron chi connectivity index (χ2n) is 5.19. The van der Waals surface area contributed by atoms with Crippen LogP contribution in [-0.2, 0) is 9.84 Å². The number of aliphatic hydroxyl groups excluding tert-OH is 1. The van der Waals surface area contributed by atoms with Gasteiger partial charge in [-0.1, -0.05) is 18.2 Å². The minimum absolute atomic E-state index is 0.155. The lowest BCUT2D eigenvalue weighted by Crippen LogP contribution is -2.47. The van der Waals surface area contributed by atoms with Gasteiger partial charge in [0.05, 0.1) is 17.6 Å². The van der Waals surface area contributed by atoms with Crippen LogP contribution in [0.4, 0.5) is 0 Å². The molecule has 2 aliphatic heterocycles. The summed E-state index contributed by atoms with van der Waals surface area (Å²) in [7, 11) is -2.91. The Kier molecular flexibility index (Phi) is 2.64. The summed E-state index contributed by atoms with van der Waals surface area (Å²) in [6.45, 7) is 0. The van der Waals surface area contributed by atoms with E-state index in [1.807, 2.05) is 24.3 Å². The Morgan fingerprint density at radius 3 is 2.61 bits per heavy atom. The normalized spacial score (nSPS) is 28.4. The highest BCUT2D eigenvalue weighted by atomic mass is 32.2. The highest BCUT2D eigenvalue weighted by Gasteiger charge is 2.44. The lowest BCUT2D eigenvalue weighted by Gasteiger charge is -2.42. The van der Waals surface area contributed by atoms with Crippen molar-refractivity contribution in [1.29, 1.82) is 0 Å². The second kappa shape index (κ2) is 3.96. The Hall–Kier alpha value is -1.07. The van der Waals surface area contributed by atoms with Crippen LogP contribution in [0.25, 0.3) is 0 Å². The van der Waals surface area contributed by atoms with Crippen LogP contribution in [0.3, 0.4) is 0 Å². The average molecular weight is 268 g/mol. The van der Waals surface area contributed by atoms with Crippen molar-refractivity contribution in [2.24, 2.45) is 0 Å². The number of aliphatic hydroxyl groups is 1. The van der Waals surface area contributed by atoms with Gasteiger partial charge in [-0.3, -0.25) is 0 Å². The third-order valence-corrected chi connectivity index (χ3v) is 5.56. The molecule has 2 aliphatic rings. The van der Waals surface area contributed by atoms with Crippen LogP contribution in [0.15, 0.2) is 24.3 Å². The molecule has 1 fully saturated rings. The summed E-state index contributed by atoms with van der Waals surface area (Å²) in [5.74, 6) is 1.000. The summed E-state index contributed by atoms with van der Waals surface area (Å²) >= 11 is 0. The zero-order valence-electron chi connectivity index (χ0n) is 10.0. The van der Waals surface area contributed by atoms with Crippen LogP contribution >= 0.6 is 0 Å². The molecule has 18 heavy (non-hydrogen) atoms. The van der Waals surface area contributed by atoms with Crippen molar-refractivity contribution in [3.8, 4) is 5.75 Å². The van der Waals surface area contributed by atoms with Gasteiger partial charge in [0.25, 0.3) is 0 Å². The molecule has 3 rings (SSSR count). The van der Waals surface area contributed by atoms with E-state index < -0.39 is 21.5 Å². The molecule has 0 saturated carbocycles. The van der Waals surface area contributed by atoms with E-state index in [4.69, 9.17) is 4.74 Å². The molecule has 1 spiro atoms. The predicted molar refractivity (Wildman–Crippen MR) is 67.3 cm³/mol. The first-order valence-electron chi connectivity index (χ1n) is 6.16. The van der Waals surface area contributed by atoms with Gasteiger partial charge in [0.1, 0.15) is 11.4 Å². The van der Waals surface area contributed by atoms with Crippen molar-refractivity contribution in [3.05, 3.63) is 29.8 Å². The number of para-hydroxylation sites is 1. The van der Waals surface area contributed by atoms with E-state index in [0.29, 0.717) is 25.0 Å². The van der Waals surface area contributed by atoms with Crippen molar-refractivity contribution < 1.29 is 18.3 Å². The topological polar surface area (TPSA) is 63.6 Å². The quantitative estimate of drug-likeness (QED) is 0.773. The molecule has 0 aliphatic carbocycles. The molecule has 1 aromatic rings. The Balaban J connectivity index is 1.90. The van der Waals surface area contributed by atoms with E-state index in [1.54, 1.807) is 0 Å². The fraction of sp³-hybridized carbons (Fsp3) is 0.538. The molecule has 0 aromatic heterocycles. The summed E-state index contributed by atoms with van der Waals surface area (Å²) in [5.41, 5.74) is 0.301. The largest absolute Gasteiger partial charge is 0.487 e. The molecule has 1 aromatic carbocycles. The minimum Gasteiger partial charge on any atom is -0.487 e. The zero-order chi connectivity index (χ0) is 12.8. The molecule has 0 bridgehead atoms. The molecule has 98 valence electrons. The zero-order valence-corrected chi connectivity index (χ0v) is 10.8. The molecule has 2 heterocycles. The maximum Gasteiger partial charge on any atom is 0.150 e. The monoisotopic (exact) mass is 268 g/mol. The first-order valence-corrected chi connectivity index (χ1v) is 7.98. The summed E-state index contributed by atoms with van der Waals surface area (Å²) < 4.78 is 29.0. The summed E-state index contributed by atoms with van der Waals surface area (Å²) in [6.07, 6.45) is 0.872. The first-order chi connectivity index (χ1) is 8.50. The van der Waals surface area contributed by atoms with E-state index in [-0.39, 0.29) is 11.5 Å². The van der Waals surface area contributed by atoms with E-state index in [1.165, 1.54) is 0 Å². The molecule has 4 nitrogen and oxygen atoms in total. The highest BCUT2D eigenvalue weighted by Crippen LogP contribution is 2.44. The van der Waals surface area contributed by atoms with Crippen LogP contribution in [-0.4, -0.2) is 30.6 Å². The molecule has 0 amide bonds. The summed E-state index contributed by atoms with van der Waals surface area (Å²) in [4.78, 5) is 0. The van der Waals surface area contributed by atoms with E-state index in [2.05, 4.69) is 0 Å². The number of rotatable bonds is 0. The van der Waals surface area contributed by atoms with E-state index in [0.717, 1.165) is 5.56 Å². The standard InChI is InChI=1S/C13H16O4S/c14-11-9-13(5-7-18(15,16)8-6-13)17-12-4-2-1-3-10(11)12/h1-4,11,14H,5-9H2/t11-/m1/s1. The number of sulfone groups is 1. The van der Waals surface area contributed by atoms with Gasteiger partial charge in [0.15, 0.2) is 9.84 Å². The molecular weight excluding hydrogens is 252 g/mol. The number of benzene rings is 1. The Labute approximate surface area is 107 Å². The van der Waals surface area contributed by atoms with Crippen molar-refractivity contribution in [1.82, 2.24) is 0 Å². The van der Waals surface area contributed by atoms with Crippen LogP contribution in [0.5, 0.6) is 5.75 Å². The van der Waals surface area contributed by atoms with Crippen molar-refractivity contribution in [2.75, 3.05) is 11.5 Å². The Bertz CT molecular complexity index is 550. The number of hydrogen-bond donors (Lipinski definition) is 1. The number of fused-ring (bicyclic) bond motifs is 1. The summed E-state index contributed by atoms with van der Waals surface area (Å²) in [5, 5.41) is 10.2. The van der Waals surface area contributed by atoms with Crippen molar-refractivity contribution >= 4 is 9.84 Å². The SMILES string of the molecule is O=S1(=O)CCC2(CC1)C[C@@H](O)c1ccccc1O2. The maximum atomic E-state index is 11.5. The van der Waals surface area contributed by atoms with Crippen molar-refractivity contribution in [3.63, 3.8) is 0 Å². The third kappa shape index (κ3) is 2.01. The third-order valence-electron chi connectivity index (χ3n) is 3.91. The lowest BCUT2D eigenvalue weighted by atomic mass is 9.84. The van der Waals surface area contributed by atoms with Gasteiger partial charge in [-0.15, -0.1) is 0 Å². The molecule has 1 saturated heterocycles. The smallest absolute Gasteiger partial charge is 0.150 e. The maximum absolute atomic E-state index is 11.5. The fourth-order valence-electron chi connectivity index (χ4n) is 2.80. The molecular formula is C13H16O4S. The van der Waals surface area contributed by atoms with Gasteiger partial charge in [0, 0.05) is 24.8 Å². The molecule has 0 unspecified atom stereocenters. The van der Waals surface area contributed by atoms with Gasteiger partial charge < -0.3 is 9.84 Å². The average Bonchev–Trinajstić information content (AvgIpc) is 2.34. The molecule has 1 N–H and O–H groups in total. The molecule has 0 radical (unpaired) electrons. The molecule has 5 heteroatoms. The fourth-order valence-corrected chi connectivity index (χ4v) is 4.37. The van der Waals surface area contributed by atoms with Crippen LogP contribution in [0.2, 0.25) is 0 Å². The predicted octanol–water partition coefficient (Wildman–Crippen LogP) is 1.45. The van der Waals surface area contributed by atoms with Gasteiger partial charge in [-0.2, -0.15) is 0 Å². The van der Waals surface area contributed by atoms with Crippen LogP contribution in [0, 0.1) is 0 Å². The second-order valence-corrected chi connectivity index (χ2v) is 7.50. The van der Waals surface area contributed by atoms with Gasteiger partial charge in [0.2, 0.25) is 0 Å². The Morgan fingerprint density at radius 2 is 1.89 bits per heavy atom. The van der Waals surface area contributed by atoms with Gasteiger partial charge in [-0.05, 0) is 6.07 Å². The highest BCUT2D eigenvalue weighted by molar-refractivity contribution is 7.91. The lowest BCUT2D eigenvalue weighted by molar-refractivity contribution is -0.0208. The molecule has 1 atom stereocenters. The van der Waals surface area contributed by atoms with Crippen molar-refractivity contribution in [2.45, 2.75) is 31.0 Å². The minimum atomic E-state index is -2.91. The number of ether oxygens (including phenoxy) is 1. The first kappa shape index (κ1) is 12.0. The van der Waals surface area contributed by atoms with Gasteiger partial charge in [-0.25, -0.2) is 8.42 Å². The van der Waals surface area contributed by atoms with Gasteiger partial charge >= 0.3 is 0 Å². The van der Waals surface area contributed by atoms with Crippen LogP contribution < -0.4 is 4.74 Å². The van der Waals surface area contributed by atoms with E-state index >= 15 is 0 Å². The van der Waals surface area contributed by atoms with Crippen LogP contribution in [0.1, 0.15) is 30.9 Å². The Morgan fingerprint density at radius 1 is 1.22 bits per heavy atom. The van der Waals surface area contributed by atoms with E-state index in [9.17, 15) is 13.5 Å².